The lowest BCUT2D eigenvalue weighted by molar-refractivity contribution is -0.119. The van der Waals surface area contributed by atoms with Gasteiger partial charge >= 0.3 is 6.61 Å². The van der Waals surface area contributed by atoms with Gasteiger partial charge in [-0.05, 0) is 37.5 Å². The van der Waals surface area contributed by atoms with Crippen LogP contribution in [-0.2, 0) is 11.2 Å². The van der Waals surface area contributed by atoms with Crippen molar-refractivity contribution < 1.29 is 23.0 Å². The average Bonchev–Trinajstić information content (AvgIpc) is 2.68. The van der Waals surface area contributed by atoms with E-state index in [4.69, 9.17) is 4.74 Å². The number of alkyl halides is 2. The number of nitrogens with one attached hydrogen (secondary N) is 1. The number of benzene rings is 1. The summed E-state index contributed by atoms with van der Waals surface area (Å²) in [6.45, 7) is -0.962. The van der Waals surface area contributed by atoms with Crippen LogP contribution in [0.2, 0.25) is 0 Å². The van der Waals surface area contributed by atoms with Crippen molar-refractivity contribution in [3.05, 3.63) is 23.8 Å². The van der Waals surface area contributed by atoms with Gasteiger partial charge in [0.05, 0.1) is 7.11 Å². The van der Waals surface area contributed by atoms with E-state index in [9.17, 15) is 13.6 Å². The maximum atomic E-state index is 12.4. The quantitative estimate of drug-likeness (QED) is 0.904. The molecule has 4 nitrogen and oxygen atoms in total. The van der Waals surface area contributed by atoms with Gasteiger partial charge in [-0.1, -0.05) is 6.07 Å². The second kappa shape index (κ2) is 5.64. The summed E-state index contributed by atoms with van der Waals surface area (Å²) < 4.78 is 34.2. The molecule has 1 N–H and O–H groups in total. The molecule has 1 atom stereocenters. The van der Waals surface area contributed by atoms with Gasteiger partial charge in [-0.15, -0.1) is 0 Å². The molecule has 1 aromatic rings. The second-order valence-corrected chi connectivity index (χ2v) is 5.15. The minimum absolute atomic E-state index is 0.00734. The first-order chi connectivity index (χ1) is 9.42. The number of rotatable bonds is 5. The fraction of sp³-hybridized carbons (Fsp3) is 0.500. The molecule has 1 unspecified atom stereocenters. The van der Waals surface area contributed by atoms with E-state index in [0.29, 0.717) is 12.8 Å². The zero-order chi connectivity index (χ0) is 14.8. The summed E-state index contributed by atoms with van der Waals surface area (Å²) in [5.74, 6) is 0.285. The van der Waals surface area contributed by atoms with Gasteiger partial charge in [0.2, 0.25) is 5.91 Å². The van der Waals surface area contributed by atoms with Crippen LogP contribution in [0.3, 0.4) is 0 Å². The van der Waals surface area contributed by atoms with Crippen LogP contribution < -0.4 is 14.8 Å². The first kappa shape index (κ1) is 14.6. The molecule has 1 aliphatic heterocycles. The largest absolute Gasteiger partial charge is 0.493 e. The molecule has 6 heteroatoms. The molecule has 0 aromatic heterocycles. The van der Waals surface area contributed by atoms with Gasteiger partial charge in [-0.3, -0.25) is 4.79 Å². The highest BCUT2D eigenvalue weighted by Gasteiger charge is 2.33. The SMILES string of the molecule is COc1ccc(CC2(C)CCC(=O)N2)cc1OC(F)F. The Kier molecular flexibility index (Phi) is 4.11. The highest BCUT2D eigenvalue weighted by atomic mass is 19.3. The Morgan fingerprint density at radius 1 is 1.40 bits per heavy atom. The summed E-state index contributed by atoms with van der Waals surface area (Å²) in [5.41, 5.74) is 0.472. The summed E-state index contributed by atoms with van der Waals surface area (Å²) in [5, 5.41) is 2.91. The van der Waals surface area contributed by atoms with E-state index in [1.54, 1.807) is 12.1 Å². The first-order valence-corrected chi connectivity index (χ1v) is 6.35. The predicted molar refractivity (Wildman–Crippen MR) is 69.1 cm³/mol. The summed E-state index contributed by atoms with van der Waals surface area (Å²) in [6, 6.07) is 4.90. The molecule has 0 aliphatic carbocycles. The van der Waals surface area contributed by atoms with Crippen molar-refractivity contribution in [2.45, 2.75) is 38.3 Å². The van der Waals surface area contributed by atoms with Crippen molar-refractivity contribution in [2.75, 3.05) is 7.11 Å². The van der Waals surface area contributed by atoms with Gasteiger partial charge in [0.15, 0.2) is 11.5 Å². The number of carbonyl (C=O) groups is 1. The molecule has 110 valence electrons. The highest BCUT2D eigenvalue weighted by molar-refractivity contribution is 5.79. The van der Waals surface area contributed by atoms with Crippen LogP contribution in [-0.4, -0.2) is 25.2 Å². The first-order valence-electron chi connectivity index (χ1n) is 6.35. The van der Waals surface area contributed by atoms with Gasteiger partial charge < -0.3 is 14.8 Å². The minimum atomic E-state index is -2.90. The van der Waals surface area contributed by atoms with Crippen LogP contribution in [0, 0.1) is 0 Å². The van der Waals surface area contributed by atoms with Gasteiger partial charge in [-0.25, -0.2) is 0 Å². The van der Waals surface area contributed by atoms with Gasteiger partial charge in [0, 0.05) is 12.0 Å². The predicted octanol–water partition coefficient (Wildman–Crippen LogP) is 2.51. The van der Waals surface area contributed by atoms with E-state index >= 15 is 0 Å². The Hall–Kier alpha value is -1.85. The molecule has 1 fully saturated rings. The van der Waals surface area contributed by atoms with Crippen LogP contribution in [0.4, 0.5) is 8.78 Å². The van der Waals surface area contributed by atoms with E-state index in [2.05, 4.69) is 10.1 Å². The fourth-order valence-electron chi connectivity index (χ4n) is 2.45. The fourth-order valence-corrected chi connectivity index (χ4v) is 2.45. The molecule has 1 aliphatic rings. The summed E-state index contributed by atoms with van der Waals surface area (Å²) >= 11 is 0. The molecule has 1 heterocycles. The summed E-state index contributed by atoms with van der Waals surface area (Å²) in [7, 11) is 1.39. The lowest BCUT2D eigenvalue weighted by Crippen LogP contribution is -2.40. The number of hydrogen-bond donors (Lipinski definition) is 1. The number of carbonyl (C=O) groups excluding carboxylic acids is 1. The Balaban J connectivity index is 2.18. The Labute approximate surface area is 116 Å². The van der Waals surface area contributed by atoms with E-state index in [1.165, 1.54) is 13.2 Å². The van der Waals surface area contributed by atoms with E-state index in [0.717, 1.165) is 12.0 Å². The molecule has 1 saturated heterocycles. The van der Waals surface area contributed by atoms with Crippen LogP contribution in [0.25, 0.3) is 0 Å². The summed E-state index contributed by atoms with van der Waals surface area (Å²) in [6.07, 6.45) is 1.78. The monoisotopic (exact) mass is 285 g/mol. The molecule has 0 spiro atoms. The van der Waals surface area contributed by atoms with Crippen molar-refractivity contribution in [1.29, 1.82) is 0 Å². The third-order valence-electron chi connectivity index (χ3n) is 3.38. The Morgan fingerprint density at radius 3 is 2.70 bits per heavy atom. The Morgan fingerprint density at radius 2 is 2.15 bits per heavy atom. The number of amides is 1. The highest BCUT2D eigenvalue weighted by Crippen LogP contribution is 2.32. The molecule has 0 saturated carbocycles. The standard InChI is InChI=1S/C14H17F2NO3/c1-14(6-5-12(18)17-14)8-9-3-4-10(19-2)11(7-9)20-13(15)16/h3-4,7,13H,5-6,8H2,1-2H3,(H,17,18). The maximum Gasteiger partial charge on any atom is 0.387 e. The van der Waals surface area contributed by atoms with Gasteiger partial charge in [0.25, 0.3) is 0 Å². The lowest BCUT2D eigenvalue weighted by atomic mass is 9.91. The number of methoxy groups -OCH3 is 1. The number of halogens is 2. The molecule has 1 aromatic carbocycles. The third kappa shape index (κ3) is 3.37. The molecular formula is C14H17F2NO3. The normalized spacial score (nSPS) is 21.9. The van der Waals surface area contributed by atoms with Crippen molar-refractivity contribution >= 4 is 5.91 Å². The van der Waals surface area contributed by atoms with Crippen LogP contribution >= 0.6 is 0 Å². The van der Waals surface area contributed by atoms with Crippen molar-refractivity contribution in [2.24, 2.45) is 0 Å². The molecular weight excluding hydrogens is 268 g/mol. The third-order valence-corrected chi connectivity index (χ3v) is 3.38. The maximum absolute atomic E-state index is 12.4. The number of ether oxygens (including phenoxy) is 2. The van der Waals surface area contributed by atoms with Gasteiger partial charge in [-0.2, -0.15) is 8.78 Å². The van der Waals surface area contributed by atoms with Crippen molar-refractivity contribution in [1.82, 2.24) is 5.32 Å². The molecule has 20 heavy (non-hydrogen) atoms. The smallest absolute Gasteiger partial charge is 0.387 e. The Bertz CT molecular complexity index is 507. The lowest BCUT2D eigenvalue weighted by Gasteiger charge is -2.24. The molecule has 2 rings (SSSR count). The van der Waals surface area contributed by atoms with Crippen LogP contribution in [0.15, 0.2) is 18.2 Å². The molecule has 1 amide bonds. The second-order valence-electron chi connectivity index (χ2n) is 5.15. The van der Waals surface area contributed by atoms with E-state index < -0.39 is 6.61 Å². The van der Waals surface area contributed by atoms with Crippen molar-refractivity contribution in [3.63, 3.8) is 0 Å². The van der Waals surface area contributed by atoms with E-state index in [1.807, 2.05) is 6.92 Å². The molecule has 0 bridgehead atoms. The van der Waals surface area contributed by atoms with E-state index in [-0.39, 0.29) is 22.9 Å². The molecule has 0 radical (unpaired) electrons. The number of hydrogen-bond acceptors (Lipinski definition) is 3. The summed E-state index contributed by atoms with van der Waals surface area (Å²) in [4.78, 5) is 11.3. The zero-order valence-corrected chi connectivity index (χ0v) is 11.4. The topological polar surface area (TPSA) is 47.6 Å². The average molecular weight is 285 g/mol. The van der Waals surface area contributed by atoms with Crippen LogP contribution in [0.5, 0.6) is 11.5 Å². The zero-order valence-electron chi connectivity index (χ0n) is 11.4. The van der Waals surface area contributed by atoms with Crippen molar-refractivity contribution in [3.8, 4) is 11.5 Å². The van der Waals surface area contributed by atoms with Gasteiger partial charge in [0.1, 0.15) is 0 Å². The van der Waals surface area contributed by atoms with Crippen LogP contribution in [0.1, 0.15) is 25.3 Å². The minimum Gasteiger partial charge on any atom is -0.493 e.